The molecular weight excluding hydrogens is 242 g/mol. The van der Waals surface area contributed by atoms with E-state index in [0.717, 1.165) is 6.54 Å². The fraction of sp³-hybridized carbons (Fsp3) is 0.417. The molecule has 0 fully saturated rings. The van der Waals surface area contributed by atoms with Crippen LogP contribution in [0, 0.1) is 0 Å². The first kappa shape index (κ1) is 14.4. The van der Waals surface area contributed by atoms with Crippen LogP contribution in [0.2, 0.25) is 0 Å². The minimum Gasteiger partial charge on any atom is -0.433 e. The van der Waals surface area contributed by atoms with E-state index in [0.29, 0.717) is 6.54 Å². The molecule has 2 N–H and O–H groups in total. The number of rotatable bonds is 7. The van der Waals surface area contributed by atoms with Crippen molar-refractivity contribution in [1.82, 2.24) is 5.32 Å². The van der Waals surface area contributed by atoms with Crippen molar-refractivity contribution in [3.8, 4) is 5.75 Å². The number of carbonyl (C=O) groups is 1. The monoisotopic (exact) mass is 258 g/mol. The maximum absolute atomic E-state index is 12.1. The van der Waals surface area contributed by atoms with Crippen LogP contribution in [0.4, 0.5) is 14.5 Å². The van der Waals surface area contributed by atoms with E-state index in [1.54, 1.807) is 12.1 Å². The molecule has 100 valence electrons. The Kier molecular flexibility index (Phi) is 6.07. The summed E-state index contributed by atoms with van der Waals surface area (Å²) in [6.07, 6.45) is 0.275. The van der Waals surface area contributed by atoms with E-state index in [9.17, 15) is 13.6 Å². The molecule has 0 spiro atoms. The van der Waals surface area contributed by atoms with Crippen LogP contribution in [0.1, 0.15) is 13.3 Å². The van der Waals surface area contributed by atoms with Gasteiger partial charge in [-0.15, -0.1) is 0 Å². The van der Waals surface area contributed by atoms with E-state index < -0.39 is 6.61 Å². The van der Waals surface area contributed by atoms with Crippen molar-refractivity contribution in [1.29, 1.82) is 0 Å². The Morgan fingerprint density at radius 1 is 1.39 bits per heavy atom. The third kappa shape index (κ3) is 5.09. The first-order valence-electron chi connectivity index (χ1n) is 5.68. The number of ether oxygens (including phenoxy) is 1. The third-order valence-electron chi connectivity index (χ3n) is 2.16. The second-order valence-electron chi connectivity index (χ2n) is 3.53. The quantitative estimate of drug-likeness (QED) is 0.737. The standard InChI is InChI=1S/C12H16F2N2O2/c1-2-15-8-7-11(17)16-9-5-3-4-6-10(9)18-12(13)14/h3-6,12,15H,2,7-8H2,1H3,(H,16,17). The minimum atomic E-state index is -2.91. The molecule has 0 heterocycles. The SMILES string of the molecule is CCNCCC(=O)Nc1ccccc1OC(F)F. The van der Waals surface area contributed by atoms with E-state index in [2.05, 4.69) is 15.4 Å². The van der Waals surface area contributed by atoms with Crippen LogP contribution in [0.15, 0.2) is 24.3 Å². The Morgan fingerprint density at radius 2 is 2.11 bits per heavy atom. The summed E-state index contributed by atoms with van der Waals surface area (Å²) in [7, 11) is 0. The smallest absolute Gasteiger partial charge is 0.387 e. The Bertz CT molecular complexity index is 386. The van der Waals surface area contributed by atoms with Crippen LogP contribution in [0.25, 0.3) is 0 Å². The Hall–Kier alpha value is -1.69. The van der Waals surface area contributed by atoms with Gasteiger partial charge in [0, 0.05) is 13.0 Å². The lowest BCUT2D eigenvalue weighted by atomic mass is 10.3. The minimum absolute atomic E-state index is 0.0377. The van der Waals surface area contributed by atoms with Crippen molar-refractivity contribution in [2.45, 2.75) is 20.0 Å². The molecule has 0 aliphatic carbocycles. The number of amides is 1. The molecule has 1 aromatic carbocycles. The first-order valence-corrected chi connectivity index (χ1v) is 5.68. The highest BCUT2D eigenvalue weighted by atomic mass is 19.3. The summed E-state index contributed by atoms with van der Waals surface area (Å²) in [6.45, 7) is 0.340. The Balaban J connectivity index is 2.57. The van der Waals surface area contributed by atoms with Crippen LogP contribution in [0.3, 0.4) is 0 Å². The van der Waals surface area contributed by atoms with Gasteiger partial charge in [-0.05, 0) is 18.7 Å². The summed E-state index contributed by atoms with van der Waals surface area (Å²) < 4.78 is 28.6. The zero-order chi connectivity index (χ0) is 13.4. The number of alkyl halides is 2. The molecule has 1 rings (SSSR count). The molecule has 0 aliphatic rings. The molecule has 0 saturated heterocycles. The molecule has 0 saturated carbocycles. The van der Waals surface area contributed by atoms with Gasteiger partial charge in [-0.3, -0.25) is 4.79 Å². The molecule has 0 bridgehead atoms. The normalized spacial score (nSPS) is 10.4. The lowest BCUT2D eigenvalue weighted by molar-refractivity contribution is -0.116. The third-order valence-corrected chi connectivity index (χ3v) is 2.16. The summed E-state index contributed by atoms with van der Waals surface area (Å²) in [5, 5.41) is 5.54. The van der Waals surface area contributed by atoms with Gasteiger partial charge in [0.15, 0.2) is 0 Å². The molecule has 1 aromatic rings. The van der Waals surface area contributed by atoms with Crippen molar-refractivity contribution in [3.05, 3.63) is 24.3 Å². The predicted molar refractivity (Wildman–Crippen MR) is 64.9 cm³/mol. The van der Waals surface area contributed by atoms with Gasteiger partial charge in [0.1, 0.15) is 5.75 Å². The number of anilines is 1. The van der Waals surface area contributed by atoms with Gasteiger partial charge in [0.2, 0.25) is 5.91 Å². The summed E-state index contributed by atoms with van der Waals surface area (Å²) in [6, 6.07) is 6.10. The zero-order valence-corrected chi connectivity index (χ0v) is 10.1. The van der Waals surface area contributed by atoms with Crippen molar-refractivity contribution < 1.29 is 18.3 Å². The lowest BCUT2D eigenvalue weighted by Gasteiger charge is -2.11. The van der Waals surface area contributed by atoms with Crippen molar-refractivity contribution >= 4 is 11.6 Å². The number of halogens is 2. The van der Waals surface area contributed by atoms with Gasteiger partial charge in [-0.1, -0.05) is 19.1 Å². The number of para-hydroxylation sites is 2. The molecule has 0 radical (unpaired) electrons. The average Bonchev–Trinajstić information content (AvgIpc) is 2.31. The topological polar surface area (TPSA) is 50.4 Å². The number of hydrogen-bond acceptors (Lipinski definition) is 3. The predicted octanol–water partition coefficient (Wildman–Crippen LogP) is 2.23. The van der Waals surface area contributed by atoms with Crippen molar-refractivity contribution in [2.75, 3.05) is 18.4 Å². The largest absolute Gasteiger partial charge is 0.433 e. The van der Waals surface area contributed by atoms with E-state index in [1.165, 1.54) is 12.1 Å². The summed E-state index contributed by atoms with van der Waals surface area (Å²) >= 11 is 0. The second-order valence-corrected chi connectivity index (χ2v) is 3.53. The van der Waals surface area contributed by atoms with Gasteiger partial charge in [0.05, 0.1) is 5.69 Å². The molecule has 0 unspecified atom stereocenters. The summed E-state index contributed by atoms with van der Waals surface area (Å²) in [5.41, 5.74) is 0.249. The zero-order valence-electron chi connectivity index (χ0n) is 10.1. The van der Waals surface area contributed by atoms with Crippen LogP contribution < -0.4 is 15.4 Å². The Morgan fingerprint density at radius 3 is 2.78 bits per heavy atom. The van der Waals surface area contributed by atoms with Crippen LogP contribution in [0.5, 0.6) is 5.75 Å². The maximum atomic E-state index is 12.1. The number of benzene rings is 1. The Labute approximate surface area is 104 Å². The molecule has 0 aromatic heterocycles. The van der Waals surface area contributed by atoms with Gasteiger partial charge in [-0.25, -0.2) is 0 Å². The fourth-order valence-electron chi connectivity index (χ4n) is 1.36. The van der Waals surface area contributed by atoms with Crippen molar-refractivity contribution in [2.24, 2.45) is 0 Å². The second kappa shape index (κ2) is 7.60. The van der Waals surface area contributed by atoms with Gasteiger partial charge in [-0.2, -0.15) is 8.78 Å². The van der Waals surface area contributed by atoms with E-state index >= 15 is 0 Å². The fourth-order valence-corrected chi connectivity index (χ4v) is 1.36. The average molecular weight is 258 g/mol. The van der Waals surface area contributed by atoms with Crippen LogP contribution in [-0.4, -0.2) is 25.6 Å². The van der Waals surface area contributed by atoms with E-state index in [-0.39, 0.29) is 23.8 Å². The lowest BCUT2D eigenvalue weighted by Crippen LogP contribution is -2.21. The van der Waals surface area contributed by atoms with Crippen LogP contribution in [-0.2, 0) is 4.79 Å². The highest BCUT2D eigenvalue weighted by Gasteiger charge is 2.10. The molecule has 4 nitrogen and oxygen atoms in total. The molecule has 6 heteroatoms. The highest BCUT2D eigenvalue weighted by Crippen LogP contribution is 2.25. The van der Waals surface area contributed by atoms with Gasteiger partial charge < -0.3 is 15.4 Å². The van der Waals surface area contributed by atoms with Crippen molar-refractivity contribution in [3.63, 3.8) is 0 Å². The van der Waals surface area contributed by atoms with E-state index in [4.69, 9.17) is 0 Å². The first-order chi connectivity index (χ1) is 8.63. The summed E-state index contributed by atoms with van der Waals surface area (Å²) in [4.78, 5) is 11.5. The molecule has 0 atom stereocenters. The van der Waals surface area contributed by atoms with Gasteiger partial charge in [0.25, 0.3) is 0 Å². The van der Waals surface area contributed by atoms with Gasteiger partial charge >= 0.3 is 6.61 Å². The molecule has 0 aliphatic heterocycles. The molecular formula is C12H16F2N2O2. The maximum Gasteiger partial charge on any atom is 0.387 e. The van der Waals surface area contributed by atoms with Crippen LogP contribution >= 0.6 is 0 Å². The number of nitrogens with one attached hydrogen (secondary N) is 2. The summed E-state index contributed by atoms with van der Waals surface area (Å²) in [5.74, 6) is -0.287. The van der Waals surface area contributed by atoms with E-state index in [1.807, 2.05) is 6.92 Å². The number of hydrogen-bond donors (Lipinski definition) is 2. The molecule has 1 amide bonds. The highest BCUT2D eigenvalue weighted by molar-refractivity contribution is 5.92. The number of carbonyl (C=O) groups excluding carboxylic acids is 1. The molecule has 18 heavy (non-hydrogen) atoms.